The number of rotatable bonds is 4. The van der Waals surface area contributed by atoms with E-state index in [0.717, 1.165) is 6.42 Å². The molecule has 1 atom stereocenters. The van der Waals surface area contributed by atoms with Crippen molar-refractivity contribution in [2.75, 3.05) is 5.33 Å². The lowest BCUT2D eigenvalue weighted by molar-refractivity contribution is -0.137. The summed E-state index contributed by atoms with van der Waals surface area (Å²) in [4.78, 5) is 0. The van der Waals surface area contributed by atoms with E-state index in [-0.39, 0.29) is 12.3 Å². The Kier molecular flexibility index (Phi) is 5.13. The van der Waals surface area contributed by atoms with Gasteiger partial charge >= 0.3 is 6.18 Å². The fourth-order valence-electron chi connectivity index (χ4n) is 0.758. The third-order valence-electron chi connectivity index (χ3n) is 1.63. The molecule has 0 aromatic rings. The van der Waals surface area contributed by atoms with Crippen LogP contribution in [0.5, 0.6) is 0 Å². The predicted octanol–water partition coefficient (Wildman–Crippen LogP) is 3.75. The van der Waals surface area contributed by atoms with Crippen molar-refractivity contribution >= 4 is 15.9 Å². The predicted molar refractivity (Wildman–Crippen MR) is 42.9 cm³/mol. The quantitative estimate of drug-likeness (QED) is 0.648. The van der Waals surface area contributed by atoms with Crippen molar-refractivity contribution in [1.29, 1.82) is 0 Å². The summed E-state index contributed by atoms with van der Waals surface area (Å²) < 4.78 is 35.0. The van der Waals surface area contributed by atoms with Crippen molar-refractivity contribution in [2.24, 2.45) is 5.92 Å². The maximum atomic E-state index is 11.7. The van der Waals surface area contributed by atoms with Crippen LogP contribution < -0.4 is 0 Å². The average Bonchev–Trinajstić information content (AvgIpc) is 1.88. The van der Waals surface area contributed by atoms with Crippen LogP contribution in [-0.4, -0.2) is 11.5 Å². The Hall–Kier alpha value is 0.270. The molecule has 0 fully saturated rings. The second kappa shape index (κ2) is 5.01. The lowest BCUT2D eigenvalue weighted by Gasteiger charge is -2.12. The van der Waals surface area contributed by atoms with Crippen molar-refractivity contribution in [3.8, 4) is 0 Å². The Balaban J connectivity index is 3.51. The van der Waals surface area contributed by atoms with E-state index in [1.165, 1.54) is 0 Å². The molecule has 0 N–H and O–H groups in total. The first-order chi connectivity index (χ1) is 4.99. The smallest absolute Gasteiger partial charge is 0.171 e. The van der Waals surface area contributed by atoms with Gasteiger partial charge in [0.15, 0.2) is 0 Å². The van der Waals surface area contributed by atoms with Crippen molar-refractivity contribution in [2.45, 2.75) is 32.4 Å². The van der Waals surface area contributed by atoms with E-state index in [9.17, 15) is 13.2 Å². The molecule has 0 aromatic heterocycles. The molecule has 0 aromatic carbocycles. The Labute approximate surface area is 73.3 Å². The van der Waals surface area contributed by atoms with Crippen LogP contribution in [0.15, 0.2) is 0 Å². The summed E-state index contributed by atoms with van der Waals surface area (Å²) in [5, 5.41) is 0.666. The fraction of sp³-hybridized carbons (Fsp3) is 1.00. The van der Waals surface area contributed by atoms with Gasteiger partial charge < -0.3 is 0 Å². The van der Waals surface area contributed by atoms with Gasteiger partial charge in [0.05, 0.1) is 0 Å². The van der Waals surface area contributed by atoms with Gasteiger partial charge in [0.25, 0.3) is 0 Å². The van der Waals surface area contributed by atoms with Crippen LogP contribution in [0.3, 0.4) is 0 Å². The summed E-state index contributed by atoms with van der Waals surface area (Å²) in [5.74, 6) is 0.164. The van der Waals surface area contributed by atoms with Crippen LogP contribution in [0.2, 0.25) is 0 Å². The largest absolute Gasteiger partial charge is 0.389 e. The van der Waals surface area contributed by atoms with Crippen molar-refractivity contribution in [3.05, 3.63) is 0 Å². The van der Waals surface area contributed by atoms with Gasteiger partial charge in [-0.05, 0) is 12.3 Å². The van der Waals surface area contributed by atoms with Crippen LogP contribution in [0, 0.1) is 5.92 Å². The Bertz CT molecular complexity index is 96.3. The van der Waals surface area contributed by atoms with Crippen LogP contribution in [-0.2, 0) is 0 Å². The Morgan fingerprint density at radius 2 is 1.91 bits per heavy atom. The molecule has 0 aliphatic heterocycles. The minimum absolute atomic E-state index is 0.164. The minimum atomic E-state index is -3.99. The SMILES string of the molecule is CCC(CBr)CCC(F)(F)F. The van der Waals surface area contributed by atoms with Gasteiger partial charge in [0.1, 0.15) is 0 Å². The maximum Gasteiger partial charge on any atom is 0.389 e. The van der Waals surface area contributed by atoms with E-state index >= 15 is 0 Å². The second-order valence-corrected chi connectivity index (χ2v) is 3.23. The molecule has 4 heteroatoms. The lowest BCUT2D eigenvalue weighted by Crippen LogP contribution is -2.11. The third-order valence-corrected chi connectivity index (χ3v) is 2.55. The van der Waals surface area contributed by atoms with Gasteiger partial charge in [-0.25, -0.2) is 0 Å². The summed E-state index contributed by atoms with van der Waals surface area (Å²) in [6.45, 7) is 1.91. The molecule has 0 nitrogen and oxygen atoms in total. The lowest BCUT2D eigenvalue weighted by atomic mass is 10.0. The molecule has 0 amide bonds. The van der Waals surface area contributed by atoms with Gasteiger partial charge in [0.2, 0.25) is 0 Å². The number of hydrogen-bond donors (Lipinski definition) is 0. The van der Waals surface area contributed by atoms with E-state index in [2.05, 4.69) is 15.9 Å². The van der Waals surface area contributed by atoms with E-state index in [1.54, 1.807) is 0 Å². The first kappa shape index (κ1) is 11.3. The third kappa shape index (κ3) is 6.66. The molecule has 0 bridgehead atoms. The van der Waals surface area contributed by atoms with Crippen molar-refractivity contribution in [1.82, 2.24) is 0 Å². The van der Waals surface area contributed by atoms with E-state index in [1.807, 2.05) is 6.92 Å². The summed E-state index contributed by atoms with van der Waals surface area (Å²) >= 11 is 3.18. The average molecular weight is 233 g/mol. The first-order valence-corrected chi connectivity index (χ1v) is 4.74. The van der Waals surface area contributed by atoms with E-state index in [0.29, 0.717) is 5.33 Å². The monoisotopic (exact) mass is 232 g/mol. The molecule has 11 heavy (non-hydrogen) atoms. The molecule has 68 valence electrons. The highest BCUT2D eigenvalue weighted by Crippen LogP contribution is 2.25. The van der Waals surface area contributed by atoms with Gasteiger partial charge in [-0.2, -0.15) is 13.2 Å². The molecule has 0 saturated heterocycles. The van der Waals surface area contributed by atoms with Crippen LogP contribution >= 0.6 is 15.9 Å². The van der Waals surface area contributed by atoms with Crippen molar-refractivity contribution in [3.63, 3.8) is 0 Å². The molecule has 0 rings (SSSR count). The fourth-order valence-corrected chi connectivity index (χ4v) is 1.54. The molecule has 0 saturated carbocycles. The Morgan fingerprint density at radius 1 is 1.36 bits per heavy atom. The molecule has 0 radical (unpaired) electrons. The van der Waals surface area contributed by atoms with E-state index < -0.39 is 12.6 Å². The summed E-state index contributed by atoms with van der Waals surface area (Å²) in [5.41, 5.74) is 0. The molecule has 0 spiro atoms. The van der Waals surface area contributed by atoms with Crippen LogP contribution in [0.25, 0.3) is 0 Å². The maximum absolute atomic E-state index is 11.7. The van der Waals surface area contributed by atoms with E-state index in [4.69, 9.17) is 0 Å². The topological polar surface area (TPSA) is 0 Å². The number of alkyl halides is 4. The van der Waals surface area contributed by atoms with Crippen molar-refractivity contribution < 1.29 is 13.2 Å². The van der Waals surface area contributed by atoms with Gasteiger partial charge in [-0.15, -0.1) is 0 Å². The molecule has 0 heterocycles. The number of halogens is 4. The highest BCUT2D eigenvalue weighted by atomic mass is 79.9. The molecule has 0 aliphatic rings. The first-order valence-electron chi connectivity index (χ1n) is 3.62. The minimum Gasteiger partial charge on any atom is -0.171 e. The zero-order valence-electron chi connectivity index (χ0n) is 6.42. The zero-order valence-corrected chi connectivity index (χ0v) is 8.00. The van der Waals surface area contributed by atoms with Gasteiger partial charge in [-0.3, -0.25) is 0 Å². The normalized spacial score (nSPS) is 15.0. The Morgan fingerprint density at radius 3 is 2.18 bits per heavy atom. The molecule has 0 aliphatic carbocycles. The summed E-state index contributed by atoms with van der Waals surface area (Å²) in [6.07, 6.45) is -3.60. The van der Waals surface area contributed by atoms with Crippen LogP contribution in [0.1, 0.15) is 26.2 Å². The molecular weight excluding hydrogens is 221 g/mol. The summed E-state index contributed by atoms with van der Waals surface area (Å²) in [7, 11) is 0. The van der Waals surface area contributed by atoms with Gasteiger partial charge in [0, 0.05) is 11.8 Å². The number of hydrogen-bond acceptors (Lipinski definition) is 0. The molecule has 1 unspecified atom stereocenters. The van der Waals surface area contributed by atoms with Gasteiger partial charge in [-0.1, -0.05) is 29.3 Å². The highest BCUT2D eigenvalue weighted by Gasteiger charge is 2.27. The zero-order chi connectivity index (χ0) is 8.91. The standard InChI is InChI=1S/C7H12BrF3/c1-2-6(5-8)3-4-7(9,10)11/h6H,2-5H2,1H3. The summed E-state index contributed by atoms with van der Waals surface area (Å²) in [6, 6.07) is 0. The van der Waals surface area contributed by atoms with Crippen LogP contribution in [0.4, 0.5) is 13.2 Å². The second-order valence-electron chi connectivity index (χ2n) is 2.58. The molecular formula is C7H12BrF3. The highest BCUT2D eigenvalue weighted by molar-refractivity contribution is 9.09.